The SMILES string of the molecule is c1ccc(-c2nc3c(ccc4oc5ccc(N(c6ccc7c8ccccc8n(-c8ccccc8)c7c6)c6ccccc6-c6ccccc6)cc5c43)o2)cc1. The van der Waals surface area contributed by atoms with Gasteiger partial charge >= 0.3 is 0 Å². The van der Waals surface area contributed by atoms with E-state index in [4.69, 9.17) is 13.8 Å². The van der Waals surface area contributed by atoms with Crippen LogP contribution >= 0.6 is 0 Å². The predicted molar refractivity (Wildman–Crippen MR) is 221 cm³/mol. The van der Waals surface area contributed by atoms with Gasteiger partial charge in [0, 0.05) is 44.3 Å². The largest absolute Gasteiger partial charge is 0.456 e. The maximum Gasteiger partial charge on any atom is 0.227 e. The molecule has 0 aliphatic rings. The summed E-state index contributed by atoms with van der Waals surface area (Å²) in [6, 6.07) is 65.7. The Balaban J connectivity index is 1.18. The summed E-state index contributed by atoms with van der Waals surface area (Å²) in [6.07, 6.45) is 0. The molecule has 8 aromatic carbocycles. The Hall–Kier alpha value is -7.37. The highest BCUT2D eigenvalue weighted by Crippen LogP contribution is 2.45. The number of furan rings is 1. The van der Waals surface area contributed by atoms with Crippen molar-refractivity contribution in [2.24, 2.45) is 0 Å². The lowest BCUT2D eigenvalue weighted by molar-refractivity contribution is 0.619. The van der Waals surface area contributed by atoms with Crippen molar-refractivity contribution in [3.8, 4) is 28.3 Å². The minimum Gasteiger partial charge on any atom is -0.456 e. The Morgan fingerprint density at radius 2 is 1.07 bits per heavy atom. The molecule has 0 aliphatic heterocycles. The van der Waals surface area contributed by atoms with Crippen LogP contribution in [0, 0.1) is 0 Å². The van der Waals surface area contributed by atoms with Gasteiger partial charge in [0.2, 0.25) is 5.89 Å². The van der Waals surface area contributed by atoms with Crippen molar-refractivity contribution in [2.75, 3.05) is 4.90 Å². The standard InChI is InChI=1S/C49H31N3O2/c1-4-14-32(15-5-1)37-20-10-12-22-41(37)51(36-24-26-39-38-21-11-13-23-42(38)52(43(39)31-36)34-18-8-3-9-19-34)35-25-27-44-40(30-35)47-45(53-44)28-29-46-48(47)50-49(54-46)33-16-6-2-7-17-33/h1-31H. The van der Waals surface area contributed by atoms with Crippen molar-refractivity contribution in [1.82, 2.24) is 9.55 Å². The summed E-state index contributed by atoms with van der Waals surface area (Å²) < 4.78 is 15.1. The monoisotopic (exact) mass is 693 g/mol. The van der Waals surface area contributed by atoms with Crippen molar-refractivity contribution in [2.45, 2.75) is 0 Å². The molecule has 0 aliphatic carbocycles. The zero-order valence-electron chi connectivity index (χ0n) is 29.1. The molecule has 0 unspecified atom stereocenters. The number of aromatic nitrogens is 2. The topological polar surface area (TPSA) is 47.3 Å². The van der Waals surface area contributed by atoms with Gasteiger partial charge in [0.25, 0.3) is 0 Å². The molecule has 0 spiro atoms. The lowest BCUT2D eigenvalue weighted by Gasteiger charge is -2.28. The number of benzene rings is 8. The molecule has 5 heteroatoms. The van der Waals surface area contributed by atoms with E-state index in [1.54, 1.807) is 0 Å². The number of para-hydroxylation sites is 3. The van der Waals surface area contributed by atoms with E-state index in [1.165, 1.54) is 16.3 Å². The first kappa shape index (κ1) is 30.3. The van der Waals surface area contributed by atoms with Crippen LogP contribution in [0.1, 0.15) is 0 Å². The Labute approximate surface area is 310 Å². The number of hydrogen-bond donors (Lipinski definition) is 0. The van der Waals surface area contributed by atoms with E-state index >= 15 is 0 Å². The average molecular weight is 694 g/mol. The van der Waals surface area contributed by atoms with Crippen molar-refractivity contribution in [1.29, 1.82) is 0 Å². The Morgan fingerprint density at radius 1 is 0.444 bits per heavy atom. The summed E-state index contributed by atoms with van der Waals surface area (Å²) in [5.41, 5.74) is 12.8. The molecule has 0 N–H and O–H groups in total. The first-order valence-electron chi connectivity index (χ1n) is 18.1. The summed E-state index contributed by atoms with van der Waals surface area (Å²) in [5.74, 6) is 0.587. The molecule has 0 fully saturated rings. The fourth-order valence-corrected chi connectivity index (χ4v) is 8.00. The van der Waals surface area contributed by atoms with E-state index < -0.39 is 0 Å². The second kappa shape index (κ2) is 12.1. The number of oxazole rings is 1. The van der Waals surface area contributed by atoms with Gasteiger partial charge in [-0.3, -0.25) is 0 Å². The Kier molecular flexibility index (Phi) is 6.79. The van der Waals surface area contributed by atoms with Crippen molar-refractivity contribution >= 4 is 71.9 Å². The van der Waals surface area contributed by atoms with Gasteiger partial charge in [0.1, 0.15) is 16.7 Å². The van der Waals surface area contributed by atoms with Crippen LogP contribution in [0.2, 0.25) is 0 Å². The van der Waals surface area contributed by atoms with Gasteiger partial charge in [-0.25, -0.2) is 4.98 Å². The van der Waals surface area contributed by atoms with Crippen LogP contribution in [0.3, 0.4) is 0 Å². The van der Waals surface area contributed by atoms with Crippen LogP contribution in [0.15, 0.2) is 197 Å². The van der Waals surface area contributed by atoms with E-state index in [9.17, 15) is 0 Å². The highest BCUT2D eigenvalue weighted by molar-refractivity contribution is 6.18. The summed E-state index contributed by atoms with van der Waals surface area (Å²) in [5, 5.41) is 4.33. The number of hydrogen-bond acceptors (Lipinski definition) is 4. The highest BCUT2D eigenvalue weighted by atomic mass is 16.4. The molecule has 254 valence electrons. The number of rotatable bonds is 6. The third-order valence-electron chi connectivity index (χ3n) is 10.4. The first-order chi connectivity index (χ1) is 26.8. The number of anilines is 3. The normalized spacial score (nSPS) is 11.7. The molecule has 54 heavy (non-hydrogen) atoms. The molecule has 3 heterocycles. The van der Waals surface area contributed by atoms with Crippen LogP contribution in [0.5, 0.6) is 0 Å². The summed E-state index contributed by atoms with van der Waals surface area (Å²) in [4.78, 5) is 7.39. The fourth-order valence-electron chi connectivity index (χ4n) is 8.00. The predicted octanol–water partition coefficient (Wildman–Crippen LogP) is 13.6. The van der Waals surface area contributed by atoms with E-state index in [1.807, 2.05) is 42.5 Å². The zero-order chi connectivity index (χ0) is 35.6. The van der Waals surface area contributed by atoms with Crippen LogP contribution in [0.25, 0.3) is 83.1 Å². The second-order valence-corrected chi connectivity index (χ2v) is 13.6. The fraction of sp³-hybridized carbons (Fsp3) is 0. The molecule has 0 saturated carbocycles. The van der Waals surface area contributed by atoms with Crippen molar-refractivity contribution in [3.05, 3.63) is 188 Å². The first-order valence-corrected chi connectivity index (χ1v) is 18.1. The van der Waals surface area contributed by atoms with Crippen molar-refractivity contribution < 1.29 is 8.83 Å². The molecule has 11 rings (SSSR count). The van der Waals surface area contributed by atoms with E-state index in [-0.39, 0.29) is 0 Å². The lowest BCUT2D eigenvalue weighted by Crippen LogP contribution is -2.11. The smallest absolute Gasteiger partial charge is 0.227 e. The molecule has 3 aromatic heterocycles. The minimum absolute atomic E-state index is 0.587. The van der Waals surface area contributed by atoms with E-state index in [0.717, 1.165) is 78.0 Å². The van der Waals surface area contributed by atoms with E-state index in [2.05, 4.69) is 155 Å². The van der Waals surface area contributed by atoms with Gasteiger partial charge in [-0.2, -0.15) is 0 Å². The zero-order valence-corrected chi connectivity index (χ0v) is 29.1. The third kappa shape index (κ3) is 4.76. The van der Waals surface area contributed by atoms with E-state index in [0.29, 0.717) is 5.89 Å². The third-order valence-corrected chi connectivity index (χ3v) is 10.4. The van der Waals surface area contributed by atoms with Gasteiger partial charge in [-0.05, 0) is 84.4 Å². The summed E-state index contributed by atoms with van der Waals surface area (Å²) in [6.45, 7) is 0. The van der Waals surface area contributed by atoms with Gasteiger partial charge < -0.3 is 18.3 Å². The van der Waals surface area contributed by atoms with Crippen LogP contribution < -0.4 is 4.90 Å². The lowest BCUT2D eigenvalue weighted by atomic mass is 10.0. The molecule has 0 amide bonds. The quantitative estimate of drug-likeness (QED) is 0.174. The molecule has 0 bridgehead atoms. The average Bonchev–Trinajstić information content (AvgIpc) is 3.94. The van der Waals surface area contributed by atoms with Crippen LogP contribution in [-0.4, -0.2) is 9.55 Å². The van der Waals surface area contributed by atoms with Crippen LogP contribution in [0.4, 0.5) is 17.1 Å². The van der Waals surface area contributed by atoms with Gasteiger partial charge in [0.05, 0.1) is 22.1 Å². The molecule has 5 nitrogen and oxygen atoms in total. The van der Waals surface area contributed by atoms with Gasteiger partial charge in [0.15, 0.2) is 5.58 Å². The molecule has 0 atom stereocenters. The maximum atomic E-state index is 6.47. The summed E-state index contributed by atoms with van der Waals surface area (Å²) >= 11 is 0. The van der Waals surface area contributed by atoms with Crippen LogP contribution in [-0.2, 0) is 0 Å². The highest BCUT2D eigenvalue weighted by Gasteiger charge is 2.22. The maximum absolute atomic E-state index is 6.47. The second-order valence-electron chi connectivity index (χ2n) is 13.6. The van der Waals surface area contributed by atoms with Gasteiger partial charge in [-0.15, -0.1) is 0 Å². The summed E-state index contributed by atoms with van der Waals surface area (Å²) in [7, 11) is 0. The molecule has 0 saturated heterocycles. The molecular formula is C49H31N3O2. The molecule has 0 radical (unpaired) electrons. The minimum atomic E-state index is 0.587. The number of fused-ring (bicyclic) bond motifs is 8. The Morgan fingerprint density at radius 3 is 1.91 bits per heavy atom. The molecular weight excluding hydrogens is 663 g/mol. The Bertz CT molecular complexity index is 3160. The van der Waals surface area contributed by atoms with Gasteiger partial charge in [-0.1, -0.05) is 109 Å². The molecule has 11 aromatic rings. The van der Waals surface area contributed by atoms with Crippen molar-refractivity contribution in [3.63, 3.8) is 0 Å². The number of nitrogens with zero attached hydrogens (tertiary/aromatic N) is 3.